The summed E-state index contributed by atoms with van der Waals surface area (Å²) in [6.45, 7) is 6.33. The van der Waals surface area contributed by atoms with Gasteiger partial charge in [0.15, 0.2) is 0 Å². The molecule has 1 aromatic carbocycles. The van der Waals surface area contributed by atoms with Crippen molar-refractivity contribution in [3.63, 3.8) is 0 Å². The molecule has 2 aliphatic rings. The zero-order valence-corrected chi connectivity index (χ0v) is 15.5. The number of nitrogens with one attached hydrogen (secondary N) is 1. The lowest BCUT2D eigenvalue weighted by molar-refractivity contribution is -0.146. The highest BCUT2D eigenvalue weighted by atomic mass is 16.3. The summed E-state index contributed by atoms with van der Waals surface area (Å²) < 4.78 is 0. The molecule has 0 aromatic heterocycles. The van der Waals surface area contributed by atoms with Gasteiger partial charge in [0, 0.05) is 24.6 Å². The second-order valence-corrected chi connectivity index (χ2v) is 8.01. The van der Waals surface area contributed by atoms with Crippen LogP contribution in [-0.4, -0.2) is 36.0 Å². The Morgan fingerprint density at radius 2 is 2.04 bits per heavy atom. The van der Waals surface area contributed by atoms with Gasteiger partial charge in [0.1, 0.15) is 0 Å². The van der Waals surface area contributed by atoms with Gasteiger partial charge in [-0.2, -0.15) is 0 Å². The normalized spacial score (nSPS) is 26.9. The van der Waals surface area contributed by atoms with Gasteiger partial charge in [-0.3, -0.25) is 14.4 Å². The Kier molecular flexibility index (Phi) is 4.65. The SMILES string of the molecule is CC1(C)[C@H]2CC[C@]1(C)C(=O)N(c1cccc(C(=O)NCCCO)c1)C2=O. The Morgan fingerprint density at radius 1 is 1.31 bits per heavy atom. The van der Waals surface area contributed by atoms with Gasteiger partial charge in [0.25, 0.3) is 5.91 Å². The number of aliphatic hydroxyl groups is 1. The van der Waals surface area contributed by atoms with Gasteiger partial charge < -0.3 is 10.4 Å². The molecule has 1 aliphatic carbocycles. The number of carbonyl (C=O) groups excluding carboxylic acids is 3. The minimum atomic E-state index is -0.578. The molecule has 0 radical (unpaired) electrons. The minimum absolute atomic E-state index is 0.00680. The van der Waals surface area contributed by atoms with Gasteiger partial charge in [-0.25, -0.2) is 4.90 Å². The van der Waals surface area contributed by atoms with Crippen LogP contribution in [0.4, 0.5) is 5.69 Å². The molecular formula is C20H26N2O4. The first-order valence-corrected chi connectivity index (χ1v) is 9.11. The van der Waals surface area contributed by atoms with Gasteiger partial charge in [-0.1, -0.05) is 26.8 Å². The fourth-order valence-electron chi connectivity index (χ4n) is 4.23. The monoisotopic (exact) mass is 358 g/mol. The van der Waals surface area contributed by atoms with Crippen molar-refractivity contribution in [1.82, 2.24) is 5.32 Å². The van der Waals surface area contributed by atoms with Crippen molar-refractivity contribution >= 4 is 23.4 Å². The van der Waals surface area contributed by atoms with Gasteiger partial charge in [-0.05, 0) is 42.9 Å². The lowest BCUT2D eigenvalue weighted by Gasteiger charge is -2.47. The quantitative estimate of drug-likeness (QED) is 0.623. The molecule has 6 heteroatoms. The van der Waals surface area contributed by atoms with Crippen LogP contribution < -0.4 is 10.2 Å². The maximum absolute atomic E-state index is 13.2. The number of benzene rings is 1. The highest BCUT2D eigenvalue weighted by molar-refractivity contribution is 6.20. The number of aliphatic hydroxyl groups excluding tert-OH is 1. The van der Waals surface area contributed by atoms with Crippen molar-refractivity contribution in [3.05, 3.63) is 29.8 Å². The predicted molar refractivity (Wildman–Crippen MR) is 97.6 cm³/mol. The van der Waals surface area contributed by atoms with E-state index < -0.39 is 5.41 Å². The molecule has 2 bridgehead atoms. The molecule has 2 fully saturated rings. The van der Waals surface area contributed by atoms with Crippen LogP contribution in [0.25, 0.3) is 0 Å². The fourth-order valence-corrected chi connectivity index (χ4v) is 4.23. The number of hydrogen-bond acceptors (Lipinski definition) is 4. The molecule has 2 atom stereocenters. The van der Waals surface area contributed by atoms with Gasteiger partial charge in [-0.15, -0.1) is 0 Å². The standard InChI is InChI=1S/C20H26N2O4/c1-19(2)15-8-9-20(19,3)18(26)22(17(15)25)14-7-4-6-13(12-14)16(24)21-10-5-11-23/h4,6-7,12,15,23H,5,8-11H2,1-3H3,(H,21,24)/t15-,20+/m0/s1. The van der Waals surface area contributed by atoms with E-state index in [2.05, 4.69) is 5.32 Å². The van der Waals surface area contributed by atoms with Crippen molar-refractivity contribution in [3.8, 4) is 0 Å². The summed E-state index contributed by atoms with van der Waals surface area (Å²) in [7, 11) is 0. The average molecular weight is 358 g/mol. The number of rotatable bonds is 5. The van der Waals surface area contributed by atoms with E-state index in [9.17, 15) is 14.4 Å². The summed E-state index contributed by atoms with van der Waals surface area (Å²) in [6.07, 6.45) is 1.89. The minimum Gasteiger partial charge on any atom is -0.396 e. The molecule has 140 valence electrons. The second kappa shape index (κ2) is 6.50. The van der Waals surface area contributed by atoms with E-state index in [4.69, 9.17) is 5.11 Å². The number of hydrogen-bond donors (Lipinski definition) is 2. The van der Waals surface area contributed by atoms with Crippen molar-refractivity contribution in [1.29, 1.82) is 0 Å². The van der Waals surface area contributed by atoms with Crippen LogP contribution in [0.2, 0.25) is 0 Å². The Bertz CT molecular complexity index is 758. The van der Waals surface area contributed by atoms with E-state index in [0.717, 1.165) is 0 Å². The Balaban J connectivity index is 1.90. The summed E-state index contributed by atoms with van der Waals surface area (Å²) in [5.41, 5.74) is -0.103. The van der Waals surface area contributed by atoms with E-state index in [-0.39, 0.29) is 35.7 Å². The first kappa shape index (κ1) is 18.6. The average Bonchev–Trinajstić information content (AvgIpc) is 2.79. The van der Waals surface area contributed by atoms with Crippen LogP contribution in [0.3, 0.4) is 0 Å². The van der Waals surface area contributed by atoms with E-state index in [1.165, 1.54) is 4.90 Å². The highest BCUT2D eigenvalue weighted by Crippen LogP contribution is 2.60. The third-order valence-corrected chi connectivity index (χ3v) is 6.41. The third-order valence-electron chi connectivity index (χ3n) is 6.41. The summed E-state index contributed by atoms with van der Waals surface area (Å²) in [4.78, 5) is 39.7. The van der Waals surface area contributed by atoms with E-state index in [1.54, 1.807) is 24.3 Å². The number of piperidine rings is 1. The summed E-state index contributed by atoms with van der Waals surface area (Å²) in [5, 5.41) is 11.5. The first-order valence-electron chi connectivity index (χ1n) is 9.11. The predicted octanol–water partition coefficient (Wildman–Crippen LogP) is 2.11. The molecule has 0 unspecified atom stereocenters. The van der Waals surface area contributed by atoms with Crippen LogP contribution in [0.1, 0.15) is 50.4 Å². The molecular weight excluding hydrogens is 332 g/mol. The van der Waals surface area contributed by atoms with Crippen molar-refractivity contribution in [2.75, 3.05) is 18.1 Å². The maximum atomic E-state index is 13.2. The largest absolute Gasteiger partial charge is 0.396 e. The number of nitrogens with zero attached hydrogens (tertiary/aromatic N) is 1. The molecule has 26 heavy (non-hydrogen) atoms. The molecule has 3 amide bonds. The van der Waals surface area contributed by atoms with E-state index in [0.29, 0.717) is 37.1 Å². The maximum Gasteiger partial charge on any atom is 0.251 e. The van der Waals surface area contributed by atoms with Crippen LogP contribution in [0, 0.1) is 16.7 Å². The Morgan fingerprint density at radius 3 is 2.73 bits per heavy atom. The molecule has 0 spiro atoms. The van der Waals surface area contributed by atoms with Crippen molar-refractivity contribution < 1.29 is 19.5 Å². The zero-order chi connectivity index (χ0) is 19.1. The molecule has 3 rings (SSSR count). The Labute approximate surface area is 153 Å². The van der Waals surface area contributed by atoms with Crippen molar-refractivity contribution in [2.45, 2.75) is 40.0 Å². The van der Waals surface area contributed by atoms with Gasteiger partial charge in [0.05, 0.1) is 11.1 Å². The Hall–Kier alpha value is -2.21. The zero-order valence-electron chi connectivity index (χ0n) is 15.5. The third kappa shape index (κ3) is 2.63. The number of carbonyl (C=O) groups is 3. The smallest absolute Gasteiger partial charge is 0.251 e. The first-order chi connectivity index (χ1) is 12.2. The highest BCUT2D eigenvalue weighted by Gasteiger charge is 2.64. The lowest BCUT2D eigenvalue weighted by Crippen LogP contribution is -2.59. The topological polar surface area (TPSA) is 86.7 Å². The molecule has 1 saturated heterocycles. The van der Waals surface area contributed by atoms with Crippen molar-refractivity contribution in [2.24, 2.45) is 16.7 Å². The van der Waals surface area contributed by atoms with Crippen LogP contribution in [-0.2, 0) is 9.59 Å². The summed E-state index contributed by atoms with van der Waals surface area (Å²) in [6, 6.07) is 6.62. The van der Waals surface area contributed by atoms with E-state index in [1.807, 2.05) is 20.8 Å². The number of fused-ring (bicyclic) bond motifs is 2. The van der Waals surface area contributed by atoms with Gasteiger partial charge in [0.2, 0.25) is 11.8 Å². The summed E-state index contributed by atoms with van der Waals surface area (Å²) >= 11 is 0. The molecule has 1 saturated carbocycles. The second-order valence-electron chi connectivity index (χ2n) is 8.01. The molecule has 1 heterocycles. The van der Waals surface area contributed by atoms with Gasteiger partial charge >= 0.3 is 0 Å². The number of amides is 3. The number of imide groups is 1. The number of anilines is 1. The molecule has 1 aliphatic heterocycles. The molecule has 1 aromatic rings. The fraction of sp³-hybridized carbons (Fsp3) is 0.550. The lowest BCUT2D eigenvalue weighted by atomic mass is 9.62. The molecule has 6 nitrogen and oxygen atoms in total. The summed E-state index contributed by atoms with van der Waals surface area (Å²) in [5.74, 6) is -0.828. The van der Waals surface area contributed by atoms with Crippen LogP contribution >= 0.6 is 0 Å². The van der Waals surface area contributed by atoms with E-state index >= 15 is 0 Å². The molecule has 2 N–H and O–H groups in total. The van der Waals surface area contributed by atoms with Crippen LogP contribution in [0.5, 0.6) is 0 Å². The van der Waals surface area contributed by atoms with Crippen LogP contribution in [0.15, 0.2) is 24.3 Å².